The lowest BCUT2D eigenvalue weighted by Gasteiger charge is -2.20. The van der Waals surface area contributed by atoms with Crippen molar-refractivity contribution in [2.75, 3.05) is 18.5 Å². The number of halogens is 1. The molecule has 1 N–H and O–H groups in total. The summed E-state index contributed by atoms with van der Waals surface area (Å²) in [5.74, 6) is 0.527. The van der Waals surface area contributed by atoms with E-state index in [1.165, 1.54) is 12.1 Å². The fourth-order valence-corrected chi connectivity index (χ4v) is 3.50. The number of carbonyl (C=O) groups is 1. The average molecular weight is 420 g/mol. The van der Waals surface area contributed by atoms with Gasteiger partial charge in [0, 0.05) is 11.3 Å². The van der Waals surface area contributed by atoms with Gasteiger partial charge in [0.2, 0.25) is 0 Å². The van der Waals surface area contributed by atoms with Crippen LogP contribution in [0.5, 0.6) is 5.75 Å². The number of ether oxygens (including phenoxy) is 2. The molecule has 0 aliphatic carbocycles. The van der Waals surface area contributed by atoms with E-state index in [-0.39, 0.29) is 11.8 Å². The van der Waals surface area contributed by atoms with Gasteiger partial charge in [-0.3, -0.25) is 0 Å². The van der Waals surface area contributed by atoms with Crippen molar-refractivity contribution < 1.29 is 18.7 Å². The number of fused-ring (bicyclic) bond motifs is 1. The molecule has 0 atom stereocenters. The third kappa shape index (κ3) is 5.61. The van der Waals surface area contributed by atoms with E-state index in [1.54, 1.807) is 17.0 Å². The molecule has 0 saturated heterocycles. The van der Waals surface area contributed by atoms with Crippen LogP contribution in [0.25, 0.3) is 0 Å². The van der Waals surface area contributed by atoms with Gasteiger partial charge in [-0.15, -0.1) is 0 Å². The molecule has 0 aromatic heterocycles. The highest BCUT2D eigenvalue weighted by molar-refractivity contribution is 5.89. The lowest BCUT2D eigenvalue weighted by molar-refractivity contribution is 0.107. The lowest BCUT2D eigenvalue weighted by atomic mass is 10.1. The van der Waals surface area contributed by atoms with Crippen LogP contribution in [-0.4, -0.2) is 24.1 Å². The molecule has 160 valence electrons. The van der Waals surface area contributed by atoms with Crippen molar-refractivity contribution in [3.8, 4) is 5.75 Å². The summed E-state index contributed by atoms with van der Waals surface area (Å²) >= 11 is 0. The second-order valence-corrected chi connectivity index (χ2v) is 7.63. The van der Waals surface area contributed by atoms with Gasteiger partial charge in [0.25, 0.3) is 0 Å². The Balaban J connectivity index is 1.39. The molecule has 0 unspecified atom stereocenters. The van der Waals surface area contributed by atoms with Crippen LogP contribution in [0.2, 0.25) is 0 Å². The number of aryl methyl sites for hydroxylation is 1. The van der Waals surface area contributed by atoms with Gasteiger partial charge in [-0.25, -0.2) is 9.18 Å². The van der Waals surface area contributed by atoms with Gasteiger partial charge in [-0.2, -0.15) is 0 Å². The smallest absolute Gasteiger partial charge is 0.322 e. The monoisotopic (exact) mass is 420 g/mol. The van der Waals surface area contributed by atoms with E-state index in [2.05, 4.69) is 5.32 Å². The second-order valence-electron chi connectivity index (χ2n) is 7.63. The van der Waals surface area contributed by atoms with Gasteiger partial charge >= 0.3 is 6.03 Å². The zero-order valence-electron chi connectivity index (χ0n) is 17.4. The highest BCUT2D eigenvalue weighted by atomic mass is 19.1. The summed E-state index contributed by atoms with van der Waals surface area (Å²) in [7, 11) is 0. The van der Waals surface area contributed by atoms with Gasteiger partial charge in [0.05, 0.1) is 26.3 Å². The Kier molecular flexibility index (Phi) is 6.48. The Bertz CT molecular complexity index is 1050. The van der Waals surface area contributed by atoms with Crippen LogP contribution in [0, 0.1) is 12.7 Å². The Morgan fingerprint density at radius 2 is 1.84 bits per heavy atom. The zero-order valence-corrected chi connectivity index (χ0v) is 17.4. The maximum atomic E-state index is 13.0. The Morgan fingerprint density at radius 1 is 1.06 bits per heavy atom. The van der Waals surface area contributed by atoms with Crippen molar-refractivity contribution >= 4 is 11.7 Å². The van der Waals surface area contributed by atoms with Gasteiger partial charge < -0.3 is 19.7 Å². The van der Waals surface area contributed by atoms with Gasteiger partial charge in [-0.05, 0) is 60.0 Å². The van der Waals surface area contributed by atoms with Crippen LogP contribution in [0.3, 0.4) is 0 Å². The van der Waals surface area contributed by atoms with Crippen LogP contribution in [0.4, 0.5) is 14.9 Å². The molecule has 1 heterocycles. The van der Waals surface area contributed by atoms with E-state index in [0.29, 0.717) is 32.9 Å². The summed E-state index contributed by atoms with van der Waals surface area (Å²) in [6, 6.07) is 19.8. The number of anilines is 1. The Morgan fingerprint density at radius 3 is 2.65 bits per heavy atom. The number of urea groups is 1. The molecule has 4 rings (SSSR count). The SMILES string of the molecule is Cc1cccc(NC(=O)N2CCOc3ccc(COCc4ccc(F)cc4)cc3C2)c1. The number of rotatable bonds is 5. The lowest BCUT2D eigenvalue weighted by Crippen LogP contribution is -2.36. The molecule has 0 bridgehead atoms. The normalized spacial score (nSPS) is 13.2. The van der Waals surface area contributed by atoms with Crippen LogP contribution in [0.15, 0.2) is 66.7 Å². The van der Waals surface area contributed by atoms with Crippen molar-refractivity contribution in [3.05, 3.63) is 94.8 Å². The topological polar surface area (TPSA) is 50.8 Å². The predicted octanol–water partition coefficient (Wildman–Crippen LogP) is 5.28. The van der Waals surface area contributed by atoms with E-state index >= 15 is 0 Å². The highest BCUT2D eigenvalue weighted by Gasteiger charge is 2.20. The summed E-state index contributed by atoms with van der Waals surface area (Å²) in [5.41, 5.74) is 4.72. The zero-order chi connectivity index (χ0) is 21.6. The first-order chi connectivity index (χ1) is 15.1. The number of hydrogen-bond acceptors (Lipinski definition) is 3. The molecule has 3 aromatic rings. The molecule has 0 radical (unpaired) electrons. The molecule has 2 amide bonds. The Hall–Kier alpha value is -3.38. The molecule has 6 heteroatoms. The fourth-order valence-electron chi connectivity index (χ4n) is 3.50. The molecule has 1 aliphatic rings. The molecule has 0 fully saturated rings. The minimum Gasteiger partial charge on any atom is -0.491 e. The minimum atomic E-state index is -0.259. The number of nitrogens with zero attached hydrogens (tertiary/aromatic N) is 1. The summed E-state index contributed by atoms with van der Waals surface area (Å²) in [6.07, 6.45) is 0. The van der Waals surface area contributed by atoms with E-state index in [0.717, 1.165) is 33.7 Å². The van der Waals surface area contributed by atoms with Gasteiger partial charge in [-0.1, -0.05) is 30.3 Å². The summed E-state index contributed by atoms with van der Waals surface area (Å²) in [6.45, 7) is 4.21. The maximum Gasteiger partial charge on any atom is 0.322 e. The predicted molar refractivity (Wildman–Crippen MR) is 117 cm³/mol. The average Bonchev–Trinajstić information content (AvgIpc) is 2.97. The van der Waals surface area contributed by atoms with Crippen LogP contribution in [-0.2, 0) is 24.5 Å². The van der Waals surface area contributed by atoms with Gasteiger partial charge in [0.15, 0.2) is 0 Å². The summed E-state index contributed by atoms with van der Waals surface area (Å²) in [5, 5.41) is 2.96. The van der Waals surface area contributed by atoms with Gasteiger partial charge in [0.1, 0.15) is 18.2 Å². The van der Waals surface area contributed by atoms with Crippen LogP contribution < -0.4 is 10.1 Å². The van der Waals surface area contributed by atoms with E-state index in [9.17, 15) is 9.18 Å². The van der Waals surface area contributed by atoms with Crippen LogP contribution >= 0.6 is 0 Å². The molecular formula is C25H25FN2O3. The molecule has 1 aliphatic heterocycles. The maximum absolute atomic E-state index is 13.0. The number of amides is 2. The molecule has 0 spiro atoms. The molecule has 5 nitrogen and oxygen atoms in total. The molecule has 3 aromatic carbocycles. The number of benzene rings is 3. The fraction of sp³-hybridized carbons (Fsp3) is 0.240. The van der Waals surface area contributed by atoms with Crippen molar-refractivity contribution in [1.29, 1.82) is 0 Å². The number of nitrogens with one attached hydrogen (secondary N) is 1. The van der Waals surface area contributed by atoms with E-state index in [1.807, 2.05) is 49.4 Å². The van der Waals surface area contributed by atoms with E-state index in [4.69, 9.17) is 9.47 Å². The number of hydrogen-bond donors (Lipinski definition) is 1. The van der Waals surface area contributed by atoms with Crippen molar-refractivity contribution in [2.24, 2.45) is 0 Å². The quantitative estimate of drug-likeness (QED) is 0.611. The summed E-state index contributed by atoms with van der Waals surface area (Å²) < 4.78 is 24.6. The van der Waals surface area contributed by atoms with E-state index < -0.39 is 0 Å². The van der Waals surface area contributed by atoms with Crippen molar-refractivity contribution in [1.82, 2.24) is 4.90 Å². The third-order valence-electron chi connectivity index (χ3n) is 5.11. The third-order valence-corrected chi connectivity index (χ3v) is 5.11. The van der Waals surface area contributed by atoms with Crippen LogP contribution in [0.1, 0.15) is 22.3 Å². The standard InChI is InChI=1S/C25H25FN2O3/c1-18-3-2-4-23(13-18)27-25(29)28-11-12-31-24-10-7-20(14-21(24)15-28)17-30-16-19-5-8-22(26)9-6-19/h2-10,13-14H,11-12,15-17H2,1H3,(H,27,29). The molecular weight excluding hydrogens is 395 g/mol. The highest BCUT2D eigenvalue weighted by Crippen LogP contribution is 2.25. The first-order valence-electron chi connectivity index (χ1n) is 10.3. The number of carbonyl (C=O) groups excluding carboxylic acids is 1. The minimum absolute atomic E-state index is 0.153. The van der Waals surface area contributed by atoms with Crippen molar-refractivity contribution in [2.45, 2.75) is 26.7 Å². The summed E-state index contributed by atoms with van der Waals surface area (Å²) in [4.78, 5) is 14.5. The molecule has 31 heavy (non-hydrogen) atoms. The molecule has 0 saturated carbocycles. The largest absolute Gasteiger partial charge is 0.491 e. The first-order valence-corrected chi connectivity index (χ1v) is 10.3. The second kappa shape index (κ2) is 9.62. The van der Waals surface area contributed by atoms with Crippen molar-refractivity contribution in [3.63, 3.8) is 0 Å². The first kappa shape index (κ1) is 20.9. The Labute approximate surface area is 181 Å².